The fraction of sp³-hybridized carbons (Fsp3) is 0.500. The van der Waals surface area contributed by atoms with Gasteiger partial charge in [0.05, 0.1) is 5.56 Å². The van der Waals surface area contributed by atoms with E-state index in [1.54, 1.807) is 17.4 Å². The number of aromatic nitrogens is 4. The number of piperidine rings is 1. The first-order valence-electron chi connectivity index (χ1n) is 14.1. The van der Waals surface area contributed by atoms with Gasteiger partial charge in [-0.2, -0.15) is 18.4 Å². The molecule has 13 nitrogen and oxygen atoms in total. The van der Waals surface area contributed by atoms with Crippen LogP contribution < -0.4 is 20.5 Å². The molecule has 5 rings (SSSR count). The van der Waals surface area contributed by atoms with Gasteiger partial charge < -0.3 is 34.7 Å². The smallest absolute Gasteiger partial charge is 0.417 e. The molecule has 1 unspecified atom stereocenters. The van der Waals surface area contributed by atoms with Crippen LogP contribution >= 0.6 is 11.8 Å². The normalized spacial score (nSPS) is 16.0. The van der Waals surface area contributed by atoms with Crippen molar-refractivity contribution in [2.45, 2.75) is 74.4 Å². The number of fused-ring (bicyclic) bond motifs is 2. The Kier molecular flexibility index (Phi) is 8.88. The van der Waals surface area contributed by atoms with Gasteiger partial charge in [-0.3, -0.25) is 4.79 Å². The number of ether oxygens (including phenoxy) is 3. The van der Waals surface area contributed by atoms with Gasteiger partial charge in [0.1, 0.15) is 18.0 Å². The number of imidazole rings is 1. The number of rotatable bonds is 7. The van der Waals surface area contributed by atoms with E-state index in [0.717, 1.165) is 4.90 Å². The van der Waals surface area contributed by atoms with Crippen molar-refractivity contribution in [1.82, 2.24) is 29.7 Å². The predicted octanol–water partition coefficient (Wildman–Crippen LogP) is 4.24. The summed E-state index contributed by atoms with van der Waals surface area (Å²) in [6.07, 6.45) is -3.46. The maximum Gasteiger partial charge on any atom is 0.417 e. The van der Waals surface area contributed by atoms with Gasteiger partial charge in [0, 0.05) is 30.6 Å². The maximum atomic E-state index is 13.8. The van der Waals surface area contributed by atoms with Crippen LogP contribution in [0.3, 0.4) is 0 Å². The van der Waals surface area contributed by atoms with E-state index in [1.165, 1.54) is 38.9 Å². The van der Waals surface area contributed by atoms with Crippen molar-refractivity contribution in [1.29, 1.82) is 5.26 Å². The minimum atomic E-state index is -4.99. The lowest BCUT2D eigenvalue weighted by Crippen LogP contribution is -2.57. The summed E-state index contributed by atoms with van der Waals surface area (Å²) in [5.74, 6) is 0.0281. The second-order valence-corrected chi connectivity index (χ2v) is 12.6. The zero-order chi connectivity index (χ0) is 32.5. The average Bonchev–Trinajstić information content (AvgIpc) is 3.57. The van der Waals surface area contributed by atoms with Crippen molar-refractivity contribution in [3.63, 3.8) is 0 Å². The van der Waals surface area contributed by atoms with E-state index in [9.17, 15) is 28.0 Å². The van der Waals surface area contributed by atoms with E-state index in [2.05, 4.69) is 21.0 Å². The summed E-state index contributed by atoms with van der Waals surface area (Å²) < 4.78 is 58.9. The van der Waals surface area contributed by atoms with Gasteiger partial charge in [0.15, 0.2) is 33.6 Å². The molecule has 17 heteroatoms. The summed E-state index contributed by atoms with van der Waals surface area (Å²) in [5, 5.41) is 11.9. The lowest BCUT2D eigenvalue weighted by molar-refractivity contribution is -0.175. The molecule has 2 amide bonds. The molecule has 240 valence electrons. The Hall–Kier alpha value is -4.46. The number of carbonyl (C=O) groups is 2. The molecule has 0 aliphatic carbocycles. The number of aryl methyl sites for hydroxylation is 1. The molecule has 3 aromatic rings. The number of benzene rings is 1. The minimum Gasteiger partial charge on any atom is -0.454 e. The number of likely N-dealkylation sites (tertiary alicyclic amines) is 1. The Balaban J connectivity index is 1.27. The van der Waals surface area contributed by atoms with Gasteiger partial charge in [0.25, 0.3) is 5.91 Å². The van der Waals surface area contributed by atoms with Crippen molar-refractivity contribution in [2.24, 2.45) is 5.92 Å². The highest BCUT2D eigenvalue weighted by Gasteiger charge is 2.48. The standard InChI is InChI=1S/C28H31F3N8O5S/c1-27(2,3)44-26(41)37-21(28(29,30)31)24(40)38-7-4-15(5-8-38)6-9-39-23-20(22(33)34-13-35-23)36-25(39)45-19-11-18-17(42-14-43-18)10-16(19)12-32/h10-11,13,15,21H,4-9,14H2,1-3H3,(H,37,41)(H2,33,34,35). The van der Waals surface area contributed by atoms with E-state index < -0.39 is 29.8 Å². The average molecular weight is 649 g/mol. The van der Waals surface area contributed by atoms with Crippen LogP contribution in [0.5, 0.6) is 11.5 Å². The van der Waals surface area contributed by atoms with E-state index in [1.807, 2.05) is 4.57 Å². The van der Waals surface area contributed by atoms with Gasteiger partial charge in [-0.25, -0.2) is 19.7 Å². The second-order valence-electron chi connectivity index (χ2n) is 11.6. The first kappa shape index (κ1) is 31.9. The molecule has 1 saturated heterocycles. The summed E-state index contributed by atoms with van der Waals surface area (Å²) in [6.45, 7) is 5.22. The SMILES string of the molecule is CC(C)(C)OC(=O)NC(C(=O)N1CCC(CCn2c(Sc3cc4c(cc3C#N)OCO4)nc3c(N)ncnc32)CC1)C(F)(F)F. The molecule has 4 heterocycles. The molecule has 0 bridgehead atoms. The summed E-state index contributed by atoms with van der Waals surface area (Å²) >= 11 is 1.24. The molecule has 0 radical (unpaired) electrons. The van der Waals surface area contributed by atoms with Crippen LogP contribution in [0.1, 0.15) is 45.6 Å². The number of nitrogen functional groups attached to an aromatic ring is 1. The summed E-state index contributed by atoms with van der Waals surface area (Å²) in [4.78, 5) is 39.7. The first-order chi connectivity index (χ1) is 21.2. The highest BCUT2D eigenvalue weighted by molar-refractivity contribution is 7.99. The molecule has 3 N–H and O–H groups in total. The Bertz CT molecular complexity index is 1640. The van der Waals surface area contributed by atoms with Crippen LogP contribution in [-0.4, -0.2) is 74.1 Å². The summed E-state index contributed by atoms with van der Waals surface area (Å²) in [7, 11) is 0. The van der Waals surface area contributed by atoms with Crippen molar-refractivity contribution in [2.75, 3.05) is 25.6 Å². The number of nitriles is 1. The zero-order valence-electron chi connectivity index (χ0n) is 24.7. The van der Waals surface area contributed by atoms with Gasteiger partial charge in [-0.1, -0.05) is 11.8 Å². The Morgan fingerprint density at radius 1 is 1.20 bits per heavy atom. The Morgan fingerprint density at radius 2 is 1.89 bits per heavy atom. The number of hydrogen-bond acceptors (Lipinski definition) is 11. The second kappa shape index (κ2) is 12.5. The molecule has 1 fully saturated rings. The highest BCUT2D eigenvalue weighted by Crippen LogP contribution is 2.41. The maximum absolute atomic E-state index is 13.8. The largest absolute Gasteiger partial charge is 0.454 e. The molecular formula is C28H31F3N8O5S. The van der Waals surface area contributed by atoms with Gasteiger partial charge in [0.2, 0.25) is 12.8 Å². The third kappa shape index (κ3) is 7.27. The van der Waals surface area contributed by atoms with Crippen molar-refractivity contribution in [3.05, 3.63) is 24.0 Å². The molecule has 2 aliphatic heterocycles. The number of alkyl halides is 3. The first-order valence-corrected chi connectivity index (χ1v) is 14.9. The lowest BCUT2D eigenvalue weighted by Gasteiger charge is -2.35. The molecule has 1 atom stereocenters. The Labute approximate surface area is 260 Å². The number of hydrogen-bond donors (Lipinski definition) is 2. The quantitative estimate of drug-likeness (QED) is 0.376. The minimum absolute atomic E-state index is 0.0560. The van der Waals surface area contributed by atoms with Crippen LogP contribution in [0.4, 0.5) is 23.8 Å². The van der Waals surface area contributed by atoms with Crippen molar-refractivity contribution in [3.8, 4) is 17.6 Å². The molecule has 1 aromatic carbocycles. The monoisotopic (exact) mass is 648 g/mol. The van der Waals surface area contributed by atoms with Gasteiger partial charge in [-0.15, -0.1) is 0 Å². The lowest BCUT2D eigenvalue weighted by atomic mass is 9.93. The third-order valence-corrected chi connectivity index (χ3v) is 8.30. The predicted molar refractivity (Wildman–Crippen MR) is 154 cm³/mol. The van der Waals surface area contributed by atoms with Crippen LogP contribution in [-0.2, 0) is 16.1 Å². The number of nitrogens with two attached hydrogens (primary N) is 1. The van der Waals surface area contributed by atoms with Gasteiger partial charge >= 0.3 is 12.3 Å². The van der Waals surface area contributed by atoms with Crippen LogP contribution in [0.2, 0.25) is 0 Å². The topological polar surface area (TPSA) is 171 Å². The van der Waals surface area contributed by atoms with Crippen molar-refractivity contribution < 1.29 is 37.0 Å². The van der Waals surface area contributed by atoms with Crippen molar-refractivity contribution >= 4 is 40.7 Å². The van der Waals surface area contributed by atoms with E-state index in [-0.39, 0.29) is 31.6 Å². The van der Waals surface area contributed by atoms with E-state index in [4.69, 9.17) is 19.9 Å². The number of carbonyl (C=O) groups excluding carboxylic acids is 2. The molecular weight excluding hydrogens is 617 g/mol. The molecule has 0 saturated carbocycles. The highest BCUT2D eigenvalue weighted by atomic mass is 32.2. The number of alkyl carbamates (subject to hydrolysis) is 1. The molecule has 45 heavy (non-hydrogen) atoms. The molecule has 2 aliphatic rings. The van der Waals surface area contributed by atoms with Crippen LogP contribution in [0.25, 0.3) is 11.2 Å². The fourth-order valence-corrected chi connectivity index (χ4v) is 6.05. The number of anilines is 1. The van der Waals surface area contributed by atoms with Crippen LogP contribution in [0, 0.1) is 17.2 Å². The van der Waals surface area contributed by atoms with Gasteiger partial charge in [-0.05, 0) is 52.0 Å². The van der Waals surface area contributed by atoms with E-state index in [0.29, 0.717) is 64.1 Å². The number of amides is 2. The number of halogens is 3. The molecule has 0 spiro atoms. The Morgan fingerprint density at radius 3 is 2.53 bits per heavy atom. The summed E-state index contributed by atoms with van der Waals surface area (Å²) in [6, 6.07) is 2.77. The zero-order valence-corrected chi connectivity index (χ0v) is 25.5. The van der Waals surface area contributed by atoms with E-state index >= 15 is 0 Å². The fourth-order valence-electron chi connectivity index (χ4n) is 5.05. The molecule has 2 aromatic heterocycles. The summed E-state index contributed by atoms with van der Waals surface area (Å²) in [5.41, 5.74) is 6.32. The number of nitrogens with zero attached hydrogens (tertiary/aromatic N) is 6. The number of nitrogens with one attached hydrogen (secondary N) is 1. The third-order valence-electron chi connectivity index (χ3n) is 7.24. The van der Waals surface area contributed by atoms with Crippen LogP contribution in [0.15, 0.2) is 28.5 Å².